The second-order valence-electron chi connectivity index (χ2n) is 14.7. The van der Waals surface area contributed by atoms with E-state index >= 15 is 0 Å². The summed E-state index contributed by atoms with van der Waals surface area (Å²) in [6.07, 6.45) is 22.4. The van der Waals surface area contributed by atoms with Crippen molar-refractivity contribution in [2.24, 2.45) is 11.7 Å². The van der Waals surface area contributed by atoms with Crippen LogP contribution in [0.4, 0.5) is 0 Å². The maximum absolute atomic E-state index is 13.8. The van der Waals surface area contributed by atoms with Crippen molar-refractivity contribution in [3.63, 3.8) is 0 Å². The minimum absolute atomic E-state index is 0.0885. The monoisotopic (exact) mass is 712 g/mol. The van der Waals surface area contributed by atoms with Crippen molar-refractivity contribution in [2.45, 2.75) is 211 Å². The van der Waals surface area contributed by atoms with Crippen LogP contribution in [0.2, 0.25) is 0 Å². The number of aliphatic hydroxyl groups is 5. The molecule has 1 aliphatic heterocycles. The van der Waals surface area contributed by atoms with E-state index in [1.807, 2.05) is 6.08 Å². The average molecular weight is 712 g/mol. The Morgan fingerprint density at radius 2 is 1.28 bits per heavy atom. The standard InChI is InChI=1S/C41H77NO8/c1-4-6-8-10-12-13-14-15-16-18-20-25-29-35(49-41-40(48)39(47)38(46)36(31-43)50-41)37(45)33(30-42)34(44)28-24-21-23-27-32(3)26-22-19-17-11-9-7-5-2/h24,27-28,33-36,38-41,43-44,46-48H,4-23,25-26,29-31,42H2,1-3H3/b28-24+,32-27+/t33-,34+,35+,36+,38+,39-,40+,41+/m0/s1. The summed E-state index contributed by atoms with van der Waals surface area (Å²) in [5.41, 5.74) is 7.40. The number of unbranched alkanes of at least 4 members (excludes halogenated alkanes) is 18. The molecule has 50 heavy (non-hydrogen) atoms. The van der Waals surface area contributed by atoms with Crippen LogP contribution in [0, 0.1) is 5.92 Å². The minimum Gasteiger partial charge on any atom is -0.394 e. The summed E-state index contributed by atoms with van der Waals surface area (Å²) in [6.45, 7) is 5.96. The number of carbonyl (C=O) groups is 1. The maximum atomic E-state index is 13.8. The molecule has 9 nitrogen and oxygen atoms in total. The molecule has 1 heterocycles. The molecule has 294 valence electrons. The molecule has 0 aromatic rings. The Kier molecular flexibility index (Phi) is 28.4. The van der Waals surface area contributed by atoms with Crippen molar-refractivity contribution < 1.29 is 39.8 Å². The predicted molar refractivity (Wildman–Crippen MR) is 203 cm³/mol. The van der Waals surface area contributed by atoms with E-state index in [0.29, 0.717) is 12.8 Å². The third-order valence-electron chi connectivity index (χ3n) is 10.1. The zero-order chi connectivity index (χ0) is 37.0. The molecule has 0 amide bonds. The first-order valence-electron chi connectivity index (χ1n) is 20.4. The SMILES string of the molecule is CCCCCCCCCCCCCC[C@@H](O[C@@H]1O[C@H](CO)[C@@H](O)[C@H](O)[C@H]1O)C(=O)[C@@H](CN)[C@H](O)/C=C/CC/C=C(\C)CCCCCCCCC. The molecule has 0 aromatic carbocycles. The number of carbonyl (C=O) groups excluding carboxylic acids is 1. The highest BCUT2D eigenvalue weighted by Crippen LogP contribution is 2.26. The van der Waals surface area contributed by atoms with Crippen LogP contribution >= 0.6 is 0 Å². The van der Waals surface area contributed by atoms with Gasteiger partial charge in [0.15, 0.2) is 12.1 Å². The van der Waals surface area contributed by atoms with Gasteiger partial charge in [0.1, 0.15) is 30.5 Å². The van der Waals surface area contributed by atoms with Crippen molar-refractivity contribution >= 4 is 5.78 Å². The van der Waals surface area contributed by atoms with Crippen LogP contribution < -0.4 is 5.73 Å². The highest BCUT2D eigenvalue weighted by Gasteiger charge is 2.46. The number of ether oxygens (including phenoxy) is 2. The molecule has 1 rings (SSSR count). The van der Waals surface area contributed by atoms with Gasteiger partial charge in [-0.3, -0.25) is 4.79 Å². The molecule has 0 aliphatic carbocycles. The van der Waals surface area contributed by atoms with Crippen LogP contribution in [0.5, 0.6) is 0 Å². The molecule has 7 N–H and O–H groups in total. The van der Waals surface area contributed by atoms with Crippen LogP contribution in [-0.4, -0.2) is 87.4 Å². The Morgan fingerprint density at radius 1 is 0.760 bits per heavy atom. The molecule has 0 unspecified atom stereocenters. The van der Waals surface area contributed by atoms with Crippen molar-refractivity contribution in [1.29, 1.82) is 0 Å². The number of Topliss-reactive ketones (excluding diaryl/α,β-unsaturated/α-hetero) is 1. The highest BCUT2D eigenvalue weighted by molar-refractivity contribution is 5.86. The van der Waals surface area contributed by atoms with Crippen LogP contribution in [0.25, 0.3) is 0 Å². The van der Waals surface area contributed by atoms with E-state index in [9.17, 15) is 30.3 Å². The molecule has 0 radical (unpaired) electrons. The molecular formula is C41H77NO8. The van der Waals surface area contributed by atoms with Gasteiger partial charge < -0.3 is 40.7 Å². The lowest BCUT2D eigenvalue weighted by molar-refractivity contribution is -0.309. The first-order chi connectivity index (χ1) is 24.2. The molecule has 8 atom stereocenters. The first-order valence-corrected chi connectivity index (χ1v) is 20.4. The zero-order valence-electron chi connectivity index (χ0n) is 32.1. The fraction of sp³-hybridized carbons (Fsp3) is 0.878. The van der Waals surface area contributed by atoms with Gasteiger partial charge in [-0.2, -0.15) is 0 Å². The van der Waals surface area contributed by atoms with Crippen LogP contribution in [-0.2, 0) is 14.3 Å². The lowest BCUT2D eigenvalue weighted by atomic mass is 9.90. The van der Waals surface area contributed by atoms with Crippen LogP contribution in [0.1, 0.15) is 168 Å². The molecule has 1 fully saturated rings. The van der Waals surface area contributed by atoms with Gasteiger partial charge in [0, 0.05) is 6.54 Å². The minimum atomic E-state index is -1.62. The van der Waals surface area contributed by atoms with Crippen molar-refractivity contribution in [3.8, 4) is 0 Å². The third kappa shape index (κ3) is 20.2. The molecule has 0 bridgehead atoms. The van der Waals surface area contributed by atoms with Gasteiger partial charge in [-0.25, -0.2) is 0 Å². The maximum Gasteiger partial charge on any atom is 0.187 e. The normalized spacial score (nSPS) is 23.4. The second kappa shape index (κ2) is 30.3. The predicted octanol–water partition coefficient (Wildman–Crippen LogP) is 7.19. The molecule has 1 saturated heterocycles. The molecule has 0 spiro atoms. The summed E-state index contributed by atoms with van der Waals surface area (Å²) < 4.78 is 11.5. The number of nitrogens with two attached hydrogens (primary N) is 1. The second-order valence-corrected chi connectivity index (χ2v) is 14.7. The zero-order valence-corrected chi connectivity index (χ0v) is 32.1. The van der Waals surface area contributed by atoms with Gasteiger partial charge >= 0.3 is 0 Å². The van der Waals surface area contributed by atoms with E-state index in [2.05, 4.69) is 26.8 Å². The van der Waals surface area contributed by atoms with E-state index in [1.54, 1.807) is 6.08 Å². The summed E-state index contributed by atoms with van der Waals surface area (Å²) >= 11 is 0. The average Bonchev–Trinajstić information content (AvgIpc) is 3.11. The molecule has 9 heteroatoms. The van der Waals surface area contributed by atoms with Crippen molar-refractivity contribution in [2.75, 3.05) is 13.2 Å². The van der Waals surface area contributed by atoms with E-state index in [4.69, 9.17) is 15.2 Å². The Bertz CT molecular complexity index is 881. The van der Waals surface area contributed by atoms with Gasteiger partial charge in [-0.05, 0) is 39.0 Å². The Labute approximate surface area is 305 Å². The van der Waals surface area contributed by atoms with Crippen molar-refractivity contribution in [1.82, 2.24) is 0 Å². The van der Waals surface area contributed by atoms with Crippen molar-refractivity contribution in [3.05, 3.63) is 23.8 Å². The number of hydrogen-bond acceptors (Lipinski definition) is 9. The van der Waals surface area contributed by atoms with Crippen LogP contribution in [0.3, 0.4) is 0 Å². The Balaban J connectivity index is 2.68. The lowest BCUT2D eigenvalue weighted by Gasteiger charge is -2.41. The largest absolute Gasteiger partial charge is 0.394 e. The first kappa shape index (κ1) is 46.9. The summed E-state index contributed by atoms with van der Waals surface area (Å²) in [7, 11) is 0. The van der Waals surface area contributed by atoms with E-state index in [1.165, 1.54) is 102 Å². The quantitative estimate of drug-likeness (QED) is 0.0313. The summed E-state index contributed by atoms with van der Waals surface area (Å²) in [5.74, 6) is -1.32. The number of allylic oxidation sites excluding steroid dienone is 3. The number of rotatable bonds is 32. The summed E-state index contributed by atoms with van der Waals surface area (Å²) in [6, 6.07) is 0. The Morgan fingerprint density at radius 3 is 1.80 bits per heavy atom. The molecule has 0 aromatic heterocycles. The van der Waals surface area contributed by atoms with E-state index in [-0.39, 0.29) is 6.54 Å². The lowest BCUT2D eigenvalue weighted by Crippen LogP contribution is -2.60. The fourth-order valence-corrected chi connectivity index (χ4v) is 6.71. The van der Waals surface area contributed by atoms with Crippen LogP contribution in [0.15, 0.2) is 23.8 Å². The third-order valence-corrected chi connectivity index (χ3v) is 10.1. The number of aliphatic hydroxyl groups excluding tert-OH is 5. The van der Waals surface area contributed by atoms with E-state index in [0.717, 1.165) is 38.5 Å². The van der Waals surface area contributed by atoms with Gasteiger partial charge in [0.2, 0.25) is 0 Å². The van der Waals surface area contributed by atoms with Gasteiger partial charge in [0.05, 0.1) is 18.6 Å². The number of hydrogen-bond donors (Lipinski definition) is 6. The topological polar surface area (TPSA) is 163 Å². The molecule has 0 saturated carbocycles. The molecule has 1 aliphatic rings. The van der Waals surface area contributed by atoms with Gasteiger partial charge in [-0.1, -0.05) is 153 Å². The van der Waals surface area contributed by atoms with E-state index < -0.39 is 61.2 Å². The van der Waals surface area contributed by atoms with Gasteiger partial charge in [-0.15, -0.1) is 0 Å². The summed E-state index contributed by atoms with van der Waals surface area (Å²) in [4.78, 5) is 13.8. The molecular weight excluding hydrogens is 634 g/mol. The highest BCUT2D eigenvalue weighted by atomic mass is 16.7. The fourth-order valence-electron chi connectivity index (χ4n) is 6.71. The Hall–Kier alpha value is -1.17. The number of ketones is 1. The van der Waals surface area contributed by atoms with Gasteiger partial charge in [0.25, 0.3) is 0 Å². The smallest absolute Gasteiger partial charge is 0.187 e. The summed E-state index contributed by atoms with van der Waals surface area (Å²) in [5, 5.41) is 51.7.